The van der Waals surface area contributed by atoms with Crippen molar-refractivity contribution in [2.24, 2.45) is 5.10 Å². The topological polar surface area (TPSA) is 99.6 Å². The van der Waals surface area contributed by atoms with Gasteiger partial charge >= 0.3 is 0 Å². The molecule has 0 saturated carbocycles. The summed E-state index contributed by atoms with van der Waals surface area (Å²) in [7, 11) is 0. The zero-order valence-corrected chi connectivity index (χ0v) is 17.6. The molecule has 3 N–H and O–H groups in total. The van der Waals surface area contributed by atoms with E-state index in [0.29, 0.717) is 28.6 Å². The van der Waals surface area contributed by atoms with Crippen molar-refractivity contribution < 1.29 is 14.6 Å². The molecule has 0 aliphatic rings. The van der Waals surface area contributed by atoms with E-state index < -0.39 is 5.91 Å². The smallest absolute Gasteiger partial charge is 0.289 e. The number of hydrazone groups is 1. The molecule has 7 nitrogen and oxygen atoms in total. The van der Waals surface area contributed by atoms with Crippen molar-refractivity contribution in [3.8, 4) is 22.8 Å². The first-order valence-electron chi connectivity index (χ1n) is 9.73. The van der Waals surface area contributed by atoms with Crippen LogP contribution < -0.4 is 10.2 Å². The number of carbonyl (C=O) groups is 1. The van der Waals surface area contributed by atoms with E-state index >= 15 is 0 Å². The van der Waals surface area contributed by atoms with Crippen LogP contribution in [-0.4, -0.2) is 27.4 Å². The van der Waals surface area contributed by atoms with Crippen LogP contribution in [0.2, 0.25) is 5.02 Å². The van der Waals surface area contributed by atoms with E-state index in [1.807, 2.05) is 48.5 Å². The summed E-state index contributed by atoms with van der Waals surface area (Å²) < 4.78 is 5.85. The lowest BCUT2D eigenvalue weighted by Gasteiger charge is -2.08. The van der Waals surface area contributed by atoms with Gasteiger partial charge in [0, 0.05) is 16.1 Å². The zero-order chi connectivity index (χ0) is 22.3. The maximum absolute atomic E-state index is 12.3. The van der Waals surface area contributed by atoms with E-state index in [9.17, 15) is 9.90 Å². The molecule has 32 heavy (non-hydrogen) atoms. The number of nitrogens with zero attached hydrogens (tertiary/aromatic N) is 2. The summed E-state index contributed by atoms with van der Waals surface area (Å²) in [5, 5.41) is 20.9. The molecule has 0 saturated heterocycles. The number of hydrogen-bond donors (Lipinski definition) is 3. The van der Waals surface area contributed by atoms with Crippen molar-refractivity contribution >= 4 is 23.7 Å². The molecule has 0 radical (unpaired) electrons. The van der Waals surface area contributed by atoms with Crippen molar-refractivity contribution in [3.63, 3.8) is 0 Å². The van der Waals surface area contributed by atoms with Crippen LogP contribution in [0.5, 0.6) is 11.5 Å². The second-order valence-electron chi connectivity index (χ2n) is 6.87. The SMILES string of the molecule is O=C(NN=Cc1cccc(O)c1)c1cc(-c2cccc(OCc3ccccc3Cl)c2)n[nH]1. The number of H-pyrrole nitrogens is 1. The number of phenols is 1. The van der Waals surface area contributed by atoms with Gasteiger partial charge in [-0.15, -0.1) is 0 Å². The number of halogens is 1. The fourth-order valence-electron chi connectivity index (χ4n) is 2.94. The minimum atomic E-state index is -0.439. The van der Waals surface area contributed by atoms with Crippen LogP contribution in [0.4, 0.5) is 0 Å². The van der Waals surface area contributed by atoms with E-state index in [1.165, 1.54) is 12.3 Å². The van der Waals surface area contributed by atoms with Gasteiger partial charge in [0.15, 0.2) is 0 Å². The Morgan fingerprint density at radius 1 is 1.09 bits per heavy atom. The van der Waals surface area contributed by atoms with Crippen LogP contribution in [0, 0.1) is 0 Å². The van der Waals surface area contributed by atoms with Gasteiger partial charge in [-0.2, -0.15) is 10.2 Å². The predicted octanol–water partition coefficient (Wildman–Crippen LogP) is 4.78. The Balaban J connectivity index is 1.40. The Morgan fingerprint density at radius 3 is 2.78 bits per heavy atom. The van der Waals surface area contributed by atoms with E-state index in [2.05, 4.69) is 20.7 Å². The third kappa shape index (κ3) is 5.33. The highest BCUT2D eigenvalue weighted by molar-refractivity contribution is 6.31. The van der Waals surface area contributed by atoms with Crippen LogP contribution in [0.25, 0.3) is 11.3 Å². The monoisotopic (exact) mass is 446 g/mol. The predicted molar refractivity (Wildman–Crippen MR) is 123 cm³/mol. The van der Waals surface area contributed by atoms with Gasteiger partial charge in [0.25, 0.3) is 5.91 Å². The summed E-state index contributed by atoms with van der Waals surface area (Å²) in [5.74, 6) is 0.343. The molecule has 0 spiro atoms. The first-order valence-corrected chi connectivity index (χ1v) is 10.1. The molecule has 160 valence electrons. The lowest BCUT2D eigenvalue weighted by Crippen LogP contribution is -2.17. The van der Waals surface area contributed by atoms with Gasteiger partial charge in [0.05, 0.1) is 11.9 Å². The first-order chi connectivity index (χ1) is 15.6. The average molecular weight is 447 g/mol. The second kappa shape index (κ2) is 9.80. The minimum absolute atomic E-state index is 0.122. The van der Waals surface area contributed by atoms with Gasteiger partial charge in [-0.3, -0.25) is 9.89 Å². The molecule has 0 aliphatic carbocycles. The van der Waals surface area contributed by atoms with E-state index in [-0.39, 0.29) is 11.4 Å². The minimum Gasteiger partial charge on any atom is -0.508 e. The molecule has 0 bridgehead atoms. The maximum Gasteiger partial charge on any atom is 0.289 e. The maximum atomic E-state index is 12.3. The summed E-state index contributed by atoms with van der Waals surface area (Å²) in [6.07, 6.45) is 1.44. The summed E-state index contributed by atoms with van der Waals surface area (Å²) in [4.78, 5) is 12.3. The molecule has 1 aromatic heterocycles. The summed E-state index contributed by atoms with van der Waals surface area (Å²) in [5.41, 5.74) is 5.62. The number of phenolic OH excluding ortho intramolecular Hbond substituents is 1. The molecule has 4 rings (SSSR count). The van der Waals surface area contributed by atoms with Crippen molar-refractivity contribution in [1.82, 2.24) is 15.6 Å². The fourth-order valence-corrected chi connectivity index (χ4v) is 3.13. The highest BCUT2D eigenvalue weighted by Gasteiger charge is 2.11. The molecule has 0 unspecified atom stereocenters. The lowest BCUT2D eigenvalue weighted by molar-refractivity contribution is 0.0950. The number of aromatic nitrogens is 2. The molecule has 8 heteroatoms. The quantitative estimate of drug-likeness (QED) is 0.281. The third-order valence-electron chi connectivity index (χ3n) is 4.55. The number of amides is 1. The number of carbonyl (C=O) groups excluding carboxylic acids is 1. The van der Waals surface area contributed by atoms with E-state index in [1.54, 1.807) is 24.3 Å². The molecular formula is C24H19ClN4O3. The Labute approximate surface area is 189 Å². The normalized spacial score (nSPS) is 10.9. The summed E-state index contributed by atoms with van der Waals surface area (Å²) >= 11 is 6.17. The fraction of sp³-hybridized carbons (Fsp3) is 0.0417. The molecule has 1 amide bonds. The number of ether oxygens (including phenoxy) is 1. The molecule has 4 aromatic rings. The van der Waals surface area contributed by atoms with Gasteiger partial charge in [-0.1, -0.05) is 54.1 Å². The zero-order valence-electron chi connectivity index (χ0n) is 16.8. The number of benzene rings is 3. The number of aromatic hydroxyl groups is 1. The summed E-state index contributed by atoms with van der Waals surface area (Å²) in [6.45, 7) is 0.342. The molecule has 0 atom stereocenters. The molecule has 0 aliphatic heterocycles. The summed E-state index contributed by atoms with van der Waals surface area (Å²) in [6, 6.07) is 23.1. The Kier molecular flexibility index (Phi) is 6.48. The average Bonchev–Trinajstić information content (AvgIpc) is 3.29. The number of rotatable bonds is 7. The lowest BCUT2D eigenvalue weighted by atomic mass is 10.1. The van der Waals surface area contributed by atoms with Crippen LogP contribution in [0.15, 0.2) is 84.0 Å². The second-order valence-corrected chi connectivity index (χ2v) is 7.28. The molecule has 0 fully saturated rings. The standard InChI is InChI=1S/C24H19ClN4O3/c25-21-10-2-1-6-18(21)15-32-20-9-4-7-17(12-20)22-13-23(28-27-22)24(31)29-26-14-16-5-3-8-19(30)11-16/h1-14,30H,15H2,(H,27,28)(H,29,31). The number of nitrogens with one attached hydrogen (secondary N) is 2. The van der Waals surface area contributed by atoms with Crippen LogP contribution in [0.3, 0.4) is 0 Å². The van der Waals surface area contributed by atoms with Crippen molar-refractivity contribution in [3.05, 3.63) is 101 Å². The first kappa shape index (κ1) is 21.1. The van der Waals surface area contributed by atoms with Crippen LogP contribution in [-0.2, 0) is 6.61 Å². The Bertz CT molecular complexity index is 1270. The van der Waals surface area contributed by atoms with E-state index in [4.69, 9.17) is 16.3 Å². The number of hydrogen-bond acceptors (Lipinski definition) is 5. The van der Waals surface area contributed by atoms with E-state index in [0.717, 1.165) is 11.1 Å². The van der Waals surface area contributed by atoms with Crippen LogP contribution in [0.1, 0.15) is 21.6 Å². The molecule has 3 aromatic carbocycles. The Hall–Kier alpha value is -4.10. The van der Waals surface area contributed by atoms with Gasteiger partial charge in [-0.25, -0.2) is 5.43 Å². The van der Waals surface area contributed by atoms with Gasteiger partial charge < -0.3 is 9.84 Å². The van der Waals surface area contributed by atoms with Gasteiger partial charge in [0.2, 0.25) is 0 Å². The van der Waals surface area contributed by atoms with Crippen molar-refractivity contribution in [2.75, 3.05) is 0 Å². The van der Waals surface area contributed by atoms with Crippen molar-refractivity contribution in [2.45, 2.75) is 6.61 Å². The highest BCUT2D eigenvalue weighted by atomic mass is 35.5. The molecule has 1 heterocycles. The van der Waals surface area contributed by atoms with Gasteiger partial charge in [-0.05, 0) is 42.0 Å². The molecular weight excluding hydrogens is 428 g/mol. The van der Waals surface area contributed by atoms with Crippen LogP contribution >= 0.6 is 11.6 Å². The third-order valence-corrected chi connectivity index (χ3v) is 4.92. The van der Waals surface area contributed by atoms with Gasteiger partial charge in [0.1, 0.15) is 23.8 Å². The Morgan fingerprint density at radius 2 is 1.94 bits per heavy atom. The largest absolute Gasteiger partial charge is 0.508 e. The van der Waals surface area contributed by atoms with Crippen molar-refractivity contribution in [1.29, 1.82) is 0 Å². The number of aromatic amines is 1. The highest BCUT2D eigenvalue weighted by Crippen LogP contribution is 2.24.